The van der Waals surface area contributed by atoms with Gasteiger partial charge in [0.15, 0.2) is 11.6 Å². The van der Waals surface area contributed by atoms with Crippen LogP contribution in [-0.4, -0.2) is 6.04 Å². The maximum atomic E-state index is 13.1. The van der Waals surface area contributed by atoms with Gasteiger partial charge in [-0.25, -0.2) is 8.78 Å². The van der Waals surface area contributed by atoms with Gasteiger partial charge in [-0.1, -0.05) is 19.9 Å². The normalized spacial score (nSPS) is 15.0. The third-order valence-electron chi connectivity index (χ3n) is 2.80. The van der Waals surface area contributed by atoms with E-state index in [1.165, 1.54) is 12.1 Å². The summed E-state index contributed by atoms with van der Waals surface area (Å²) in [6.07, 6.45) is 1.06. The summed E-state index contributed by atoms with van der Waals surface area (Å²) in [5.74, 6) is -0.960. The molecule has 0 aliphatic carbocycles. The molecule has 1 nitrogen and oxygen atoms in total. The van der Waals surface area contributed by atoms with Gasteiger partial charge in [-0.05, 0) is 43.9 Å². The Bertz CT molecular complexity index is 363. The Hall–Kier alpha value is -0.960. The van der Waals surface area contributed by atoms with Gasteiger partial charge in [-0.3, -0.25) is 0 Å². The highest BCUT2D eigenvalue weighted by Crippen LogP contribution is 2.17. The van der Waals surface area contributed by atoms with Crippen molar-refractivity contribution >= 4 is 0 Å². The zero-order chi connectivity index (χ0) is 13.0. The number of rotatable bonds is 5. The maximum Gasteiger partial charge on any atom is 0.159 e. The smallest absolute Gasteiger partial charge is 0.159 e. The second-order valence-electron chi connectivity index (χ2n) is 5.09. The highest BCUT2D eigenvalue weighted by molar-refractivity contribution is 5.20. The summed E-state index contributed by atoms with van der Waals surface area (Å²) < 4.78 is 25.9. The molecule has 1 aromatic carbocycles. The molecule has 1 aromatic rings. The van der Waals surface area contributed by atoms with Crippen LogP contribution in [0.5, 0.6) is 0 Å². The van der Waals surface area contributed by atoms with Gasteiger partial charge in [-0.15, -0.1) is 0 Å². The van der Waals surface area contributed by atoms with Crippen LogP contribution in [-0.2, 0) is 0 Å². The lowest BCUT2D eigenvalue weighted by Crippen LogP contribution is -2.30. The van der Waals surface area contributed by atoms with Crippen LogP contribution in [0.2, 0.25) is 0 Å². The molecule has 1 rings (SSSR count). The molecule has 0 heterocycles. The van der Waals surface area contributed by atoms with E-state index in [1.54, 1.807) is 6.07 Å². The molecule has 0 fully saturated rings. The van der Waals surface area contributed by atoms with Crippen LogP contribution in [0, 0.1) is 17.6 Å². The van der Waals surface area contributed by atoms with Crippen LogP contribution in [0.4, 0.5) is 8.78 Å². The average molecular weight is 241 g/mol. The Morgan fingerprint density at radius 1 is 1.06 bits per heavy atom. The Labute approximate surface area is 102 Å². The minimum Gasteiger partial charge on any atom is -0.308 e. The van der Waals surface area contributed by atoms with Crippen molar-refractivity contribution in [3.63, 3.8) is 0 Å². The number of nitrogens with one attached hydrogen (secondary N) is 1. The maximum absolute atomic E-state index is 13.1. The molecule has 17 heavy (non-hydrogen) atoms. The summed E-state index contributed by atoms with van der Waals surface area (Å²) in [7, 11) is 0. The van der Waals surface area contributed by atoms with Gasteiger partial charge in [-0.2, -0.15) is 0 Å². The first-order chi connectivity index (χ1) is 7.90. The van der Waals surface area contributed by atoms with E-state index in [4.69, 9.17) is 0 Å². The van der Waals surface area contributed by atoms with E-state index >= 15 is 0 Å². The van der Waals surface area contributed by atoms with Crippen LogP contribution in [0.3, 0.4) is 0 Å². The van der Waals surface area contributed by atoms with Crippen molar-refractivity contribution in [1.29, 1.82) is 0 Å². The van der Waals surface area contributed by atoms with Crippen molar-refractivity contribution in [3.8, 4) is 0 Å². The minimum atomic E-state index is -0.795. The third kappa shape index (κ3) is 4.43. The van der Waals surface area contributed by atoms with Gasteiger partial charge < -0.3 is 5.32 Å². The number of hydrogen-bond acceptors (Lipinski definition) is 1. The minimum absolute atomic E-state index is 0.0267. The summed E-state index contributed by atoms with van der Waals surface area (Å²) in [5.41, 5.74) is 0.777. The Morgan fingerprint density at radius 3 is 2.24 bits per heavy atom. The van der Waals surface area contributed by atoms with Crippen molar-refractivity contribution < 1.29 is 8.78 Å². The first-order valence-corrected chi connectivity index (χ1v) is 6.11. The van der Waals surface area contributed by atoms with Crippen LogP contribution in [0.25, 0.3) is 0 Å². The van der Waals surface area contributed by atoms with Crippen molar-refractivity contribution in [2.24, 2.45) is 5.92 Å². The topological polar surface area (TPSA) is 12.0 Å². The molecular formula is C14H21F2N. The highest BCUT2D eigenvalue weighted by Gasteiger charge is 2.12. The molecule has 0 saturated carbocycles. The van der Waals surface area contributed by atoms with Gasteiger partial charge in [0.25, 0.3) is 0 Å². The molecular weight excluding hydrogens is 220 g/mol. The fourth-order valence-corrected chi connectivity index (χ4v) is 2.08. The molecule has 0 spiro atoms. The molecule has 0 aliphatic rings. The number of halogens is 2. The van der Waals surface area contributed by atoms with E-state index in [0.717, 1.165) is 12.0 Å². The lowest BCUT2D eigenvalue weighted by atomic mass is 10.0. The summed E-state index contributed by atoms with van der Waals surface area (Å²) in [4.78, 5) is 0. The van der Waals surface area contributed by atoms with E-state index in [0.29, 0.717) is 12.0 Å². The predicted molar refractivity (Wildman–Crippen MR) is 66.8 cm³/mol. The standard InChI is InChI=1S/C14H21F2N/c1-9(2)7-10(3)17-11(4)12-5-6-13(15)14(16)8-12/h5-6,8-11,17H,7H2,1-4H3. The third-order valence-corrected chi connectivity index (χ3v) is 2.80. The van der Waals surface area contributed by atoms with Crippen LogP contribution in [0.1, 0.15) is 45.7 Å². The highest BCUT2D eigenvalue weighted by atomic mass is 19.2. The lowest BCUT2D eigenvalue weighted by Gasteiger charge is -2.21. The summed E-state index contributed by atoms with van der Waals surface area (Å²) in [6.45, 7) is 8.40. The van der Waals surface area contributed by atoms with Gasteiger partial charge in [0.05, 0.1) is 0 Å². The van der Waals surface area contributed by atoms with Gasteiger partial charge >= 0.3 is 0 Å². The molecule has 3 heteroatoms. The zero-order valence-corrected chi connectivity index (χ0v) is 10.9. The Balaban J connectivity index is 2.63. The molecule has 1 N–H and O–H groups in total. The molecule has 2 unspecified atom stereocenters. The van der Waals surface area contributed by atoms with Gasteiger partial charge in [0.2, 0.25) is 0 Å². The fourth-order valence-electron chi connectivity index (χ4n) is 2.08. The molecule has 0 saturated heterocycles. The van der Waals surface area contributed by atoms with E-state index < -0.39 is 11.6 Å². The van der Waals surface area contributed by atoms with E-state index in [9.17, 15) is 8.78 Å². The molecule has 0 amide bonds. The quantitative estimate of drug-likeness (QED) is 0.820. The Kier molecular flexibility index (Phi) is 5.06. The first-order valence-electron chi connectivity index (χ1n) is 6.11. The van der Waals surface area contributed by atoms with E-state index in [1.807, 2.05) is 6.92 Å². The summed E-state index contributed by atoms with van der Waals surface area (Å²) in [6, 6.07) is 4.44. The predicted octanol–water partition coefficient (Wildman–Crippen LogP) is 4.05. The fraction of sp³-hybridized carbons (Fsp3) is 0.571. The van der Waals surface area contributed by atoms with Crippen molar-refractivity contribution in [2.75, 3.05) is 0 Å². The van der Waals surface area contributed by atoms with E-state index in [-0.39, 0.29) is 6.04 Å². The number of benzene rings is 1. The molecule has 0 bridgehead atoms. The van der Waals surface area contributed by atoms with Crippen molar-refractivity contribution in [1.82, 2.24) is 5.32 Å². The second kappa shape index (κ2) is 6.10. The van der Waals surface area contributed by atoms with Crippen LogP contribution in [0.15, 0.2) is 18.2 Å². The van der Waals surface area contributed by atoms with E-state index in [2.05, 4.69) is 26.1 Å². The first kappa shape index (κ1) is 14.1. The molecule has 0 aromatic heterocycles. The molecule has 0 aliphatic heterocycles. The van der Waals surface area contributed by atoms with Gasteiger partial charge in [0.1, 0.15) is 0 Å². The lowest BCUT2D eigenvalue weighted by molar-refractivity contribution is 0.405. The monoisotopic (exact) mass is 241 g/mol. The largest absolute Gasteiger partial charge is 0.308 e. The number of hydrogen-bond donors (Lipinski definition) is 1. The molecule has 0 radical (unpaired) electrons. The van der Waals surface area contributed by atoms with Crippen molar-refractivity contribution in [2.45, 2.75) is 46.2 Å². The summed E-state index contributed by atoms with van der Waals surface area (Å²) in [5, 5.41) is 3.39. The van der Waals surface area contributed by atoms with Crippen molar-refractivity contribution in [3.05, 3.63) is 35.4 Å². The molecule has 2 atom stereocenters. The zero-order valence-electron chi connectivity index (χ0n) is 10.9. The Morgan fingerprint density at radius 2 is 1.71 bits per heavy atom. The summed E-state index contributed by atoms with van der Waals surface area (Å²) >= 11 is 0. The average Bonchev–Trinajstić information content (AvgIpc) is 2.20. The molecule has 96 valence electrons. The van der Waals surface area contributed by atoms with Crippen LogP contribution >= 0.6 is 0 Å². The second-order valence-corrected chi connectivity index (χ2v) is 5.09. The SMILES string of the molecule is CC(C)CC(C)NC(C)c1ccc(F)c(F)c1. The van der Waals surface area contributed by atoms with Crippen LogP contribution < -0.4 is 5.32 Å². The van der Waals surface area contributed by atoms with Gasteiger partial charge in [0, 0.05) is 12.1 Å².